The summed E-state index contributed by atoms with van der Waals surface area (Å²) in [6, 6.07) is -2.98. The van der Waals surface area contributed by atoms with E-state index in [-0.39, 0.29) is 88.7 Å². The zero-order valence-electron chi connectivity index (χ0n) is 76.1. The molecular formula is C89H124N24O21S. The number of primary amides is 2. The lowest BCUT2D eigenvalue weighted by Gasteiger charge is -2.36. The van der Waals surface area contributed by atoms with Crippen molar-refractivity contribution in [3.8, 4) is 5.75 Å². The topological polar surface area (TPSA) is 682 Å². The van der Waals surface area contributed by atoms with Crippen LogP contribution in [0.2, 0.25) is 0 Å². The van der Waals surface area contributed by atoms with E-state index in [0.29, 0.717) is 64.2 Å². The molecule has 3 aliphatic heterocycles. The largest absolute Gasteiger partial charge is 0.508 e. The molecule has 0 bridgehead atoms. The lowest BCUT2D eigenvalue weighted by atomic mass is 10.00. The van der Waals surface area contributed by atoms with Crippen LogP contribution in [0.5, 0.6) is 5.75 Å². The Balaban J connectivity index is 1.10. The number of phenolic OH excluding ortho intramolecular Hbond substituents is 1. The zero-order valence-corrected chi connectivity index (χ0v) is 76.9. The van der Waals surface area contributed by atoms with Gasteiger partial charge in [0.1, 0.15) is 90.3 Å². The first-order valence-electron chi connectivity index (χ1n) is 44.8. The van der Waals surface area contributed by atoms with Gasteiger partial charge in [-0.15, -0.1) is 11.8 Å². The van der Waals surface area contributed by atoms with Gasteiger partial charge in [0.05, 0.1) is 37.8 Å². The van der Waals surface area contributed by atoms with Crippen LogP contribution in [0.4, 0.5) is 0 Å². The van der Waals surface area contributed by atoms with Gasteiger partial charge in [0.2, 0.25) is 100 Å². The molecule has 1 unspecified atom stereocenters. The number of aliphatic hydroxyl groups excluding tert-OH is 3. The molecule has 0 spiro atoms. The average Bonchev–Trinajstić information content (AvgIpc) is 1.69. The van der Waals surface area contributed by atoms with Crippen LogP contribution in [0.1, 0.15) is 127 Å². The minimum absolute atomic E-state index is 0.0204. The summed E-state index contributed by atoms with van der Waals surface area (Å²) in [6.07, 6.45) is 2.73. The molecule has 17 amide bonds. The number of fused-ring (bicyclic) bond motifs is 4. The number of unbranched alkanes of at least 4 members (excludes halogenated alkanes) is 2. The van der Waals surface area contributed by atoms with Crippen molar-refractivity contribution in [2.45, 2.75) is 221 Å². The van der Waals surface area contributed by atoms with Gasteiger partial charge in [0.25, 0.3) is 0 Å². The van der Waals surface area contributed by atoms with Crippen LogP contribution < -0.4 is 75.7 Å². The lowest BCUT2D eigenvalue weighted by Crippen LogP contribution is -2.62. The van der Waals surface area contributed by atoms with Crippen LogP contribution in [0.15, 0.2) is 97.7 Å². The van der Waals surface area contributed by atoms with Crippen molar-refractivity contribution in [1.29, 1.82) is 5.41 Å². The Kier molecular flexibility index (Phi) is 39.2. The van der Waals surface area contributed by atoms with E-state index >= 15 is 33.6 Å². The number of aromatic nitrogens is 4. The van der Waals surface area contributed by atoms with Crippen molar-refractivity contribution < 1.29 is 102 Å². The predicted molar refractivity (Wildman–Crippen MR) is 492 cm³/mol. The van der Waals surface area contributed by atoms with Crippen molar-refractivity contribution in [1.82, 2.24) is 103 Å². The van der Waals surface area contributed by atoms with Gasteiger partial charge in [-0.2, -0.15) is 0 Å². The molecule has 6 aromatic rings. The Morgan fingerprint density at radius 1 is 0.533 bits per heavy atom. The Hall–Kier alpha value is -13.8. The van der Waals surface area contributed by atoms with E-state index in [1.54, 1.807) is 60.9 Å². The minimum Gasteiger partial charge on any atom is -0.508 e. The number of aromatic amines is 3. The lowest BCUT2D eigenvalue weighted by molar-refractivity contribution is -0.149. The summed E-state index contributed by atoms with van der Waals surface area (Å²) in [5.41, 5.74) is 19.6. The molecule has 135 heavy (non-hydrogen) atoms. The summed E-state index contributed by atoms with van der Waals surface area (Å²) in [5.74, 6) is -18.3. The van der Waals surface area contributed by atoms with Crippen molar-refractivity contribution in [3.63, 3.8) is 0 Å². The van der Waals surface area contributed by atoms with Crippen LogP contribution in [0.25, 0.3) is 21.8 Å². The number of benzene rings is 3. The van der Waals surface area contributed by atoms with Gasteiger partial charge >= 0.3 is 0 Å². The molecule has 3 saturated heterocycles. The fourth-order valence-corrected chi connectivity index (χ4v) is 17.3. The molecule has 3 aromatic carbocycles. The Bertz CT molecular complexity index is 5210. The number of hydrogen-bond acceptors (Lipinski definition) is 24. The third-order valence-electron chi connectivity index (χ3n) is 24.0. The molecule has 15 atom stereocenters. The molecule has 25 N–H and O–H groups in total. The standard InChI is InChI=1S/C89H124N24O21S/c1-7-9-22-68-81(127)101-59(21-15-30-95-89(92)93)77(123)108-67(76(122)98-42-73(91)119)45-135-46-74(120)100-63(33-49-25-27-53(116)28-26-49)84(130)109(4)48(3)75(121)105-65(38-72(90)118)87(133)112-31-16-24-69(112)82(128)104-62(36-52-41-94-47-99-52)79(125)102-60(29-32-114)86(132)113-43-54(117)37-71(113)83(129)103-61(34-50-39-96-57-19-13-11-17-55(50)57)78(124)107-66(44-115)80(126)106-64(35-51-40-97-58-20-14-12-18-56(51)58)85(131)111(6)70(23-10-8-2)88(134)110(68)5/h11-14,17-20,25-28,39-41,47-48,54,59-71,96-97,114-117H,7-10,15-16,21-24,29-38,42-46H2,1-6H3,(H2,90,118)(H2,91,119)(H,94,99)(H,98,122)(H,100,120)(H,101,127)(H,102,125)(H,103,129)(H,104,128)(H,105,121)(H,106,126)(H,107,124)(H,108,123)(H4,92,93,95)/t48-,54+,59-,60-,61-,62-,63-,64-,65-,66-,67?,68-,69-,70-,71-/m0/s1. The second-order valence-electron chi connectivity index (χ2n) is 33.9. The highest BCUT2D eigenvalue weighted by Gasteiger charge is 2.47. The monoisotopic (exact) mass is 1900 g/mol. The van der Waals surface area contributed by atoms with Crippen molar-refractivity contribution in [2.24, 2.45) is 17.2 Å². The Labute approximate surface area is 782 Å². The number of nitrogens with one attached hydrogen (secondary N) is 15. The number of carbonyl (C=O) groups is 17. The summed E-state index contributed by atoms with van der Waals surface area (Å²) in [5, 5.41) is 81.1. The molecule has 46 heteroatoms. The van der Waals surface area contributed by atoms with E-state index in [4.69, 9.17) is 22.6 Å². The summed E-state index contributed by atoms with van der Waals surface area (Å²) in [4.78, 5) is 268. The fourth-order valence-electron chi connectivity index (χ4n) is 16.5. The molecule has 6 heterocycles. The van der Waals surface area contributed by atoms with Crippen molar-refractivity contribution in [3.05, 3.63) is 120 Å². The number of amides is 17. The van der Waals surface area contributed by atoms with E-state index in [1.807, 2.05) is 13.8 Å². The highest BCUT2D eigenvalue weighted by molar-refractivity contribution is 8.00. The Morgan fingerprint density at radius 3 is 1.67 bits per heavy atom. The highest BCUT2D eigenvalue weighted by Crippen LogP contribution is 2.28. The third-order valence-corrected chi connectivity index (χ3v) is 25.1. The molecular weight excluding hydrogens is 1770 g/mol. The number of likely N-dealkylation sites (N-methyl/N-ethyl adjacent to an activating group) is 3. The summed E-state index contributed by atoms with van der Waals surface area (Å²) in [6.45, 7) is 1.58. The second-order valence-corrected chi connectivity index (χ2v) is 34.9. The molecule has 3 fully saturated rings. The van der Waals surface area contributed by atoms with E-state index in [2.05, 4.69) is 78.4 Å². The van der Waals surface area contributed by atoms with Gasteiger partial charge in [0, 0.05) is 131 Å². The van der Waals surface area contributed by atoms with Gasteiger partial charge in [-0.3, -0.25) is 86.9 Å². The second kappa shape index (κ2) is 50.4. The van der Waals surface area contributed by atoms with E-state index in [0.717, 1.165) is 36.3 Å². The Morgan fingerprint density at radius 2 is 1.07 bits per heavy atom. The van der Waals surface area contributed by atoms with Crippen LogP contribution in [-0.4, -0.2) is 334 Å². The van der Waals surface area contributed by atoms with Crippen LogP contribution in [0, 0.1) is 5.41 Å². The maximum Gasteiger partial charge on any atom is 0.246 e. The number of thioether (sulfide) groups is 1. The molecule has 732 valence electrons. The first-order valence-corrected chi connectivity index (χ1v) is 46.0. The first kappa shape index (κ1) is 105. The number of aliphatic hydroxyl groups is 3. The summed E-state index contributed by atoms with van der Waals surface area (Å²) >= 11 is 0.752. The highest BCUT2D eigenvalue weighted by atomic mass is 32.2. The van der Waals surface area contributed by atoms with Crippen LogP contribution in [-0.2, 0) is 107 Å². The molecule has 3 aliphatic rings. The minimum atomic E-state index is -1.92. The maximum absolute atomic E-state index is 15.7. The van der Waals surface area contributed by atoms with Crippen molar-refractivity contribution >= 4 is 140 Å². The number of guanidine groups is 1. The van der Waals surface area contributed by atoms with E-state index < -0.39 is 254 Å². The number of nitrogens with two attached hydrogens (primary N) is 3. The molecule has 3 aromatic heterocycles. The number of carbonyl (C=O) groups excluding carboxylic acids is 17. The zero-order chi connectivity index (χ0) is 98.4. The maximum atomic E-state index is 15.7. The number of nitrogens with zero attached hydrogens (tertiary/aromatic N) is 6. The number of phenols is 1. The van der Waals surface area contributed by atoms with E-state index in [9.17, 15) is 68.4 Å². The van der Waals surface area contributed by atoms with Gasteiger partial charge in [-0.1, -0.05) is 88.1 Å². The van der Waals surface area contributed by atoms with Crippen LogP contribution in [0.3, 0.4) is 0 Å². The SMILES string of the molecule is CCCC[C@H]1C(=O)N(C)[C@@H](CCCC)C(=O)N[C@@H](CCCNC(=N)N)C(=O)NC(C(=O)NCC(N)=O)CSCC(=O)N[C@@H](Cc2ccc(O)cc2)C(=O)N(C)[C@@H](C)C(=O)N[C@@H](CC(N)=O)C(=O)N2CCC[C@H]2C(=O)N[C@@H](Cc2cnc[nH]2)C(=O)N[C@@H](CCO)C(=O)N2C[C@H](O)C[C@H]2C(=O)N[C@@H](Cc2c[nH]c3ccccc23)C(=O)N[C@@H](CO)C(=O)N[C@@H](Cc2c[nH]c3ccccc23)C(=O)N1C. The normalized spacial score (nSPS) is 24.7. The number of H-pyrrole nitrogens is 3. The molecule has 0 aliphatic carbocycles. The number of imidazole rings is 1. The summed E-state index contributed by atoms with van der Waals surface area (Å²) in [7, 11) is 3.87. The quantitative estimate of drug-likeness (QED) is 0.0138. The predicted octanol–water partition coefficient (Wildman–Crippen LogP) is -4.59. The number of para-hydroxylation sites is 2. The van der Waals surface area contributed by atoms with Crippen LogP contribution >= 0.6 is 11.8 Å². The third kappa shape index (κ3) is 29.1. The number of hydrogen-bond donors (Lipinski definition) is 22. The number of aromatic hydroxyl groups is 1. The van der Waals surface area contributed by atoms with Gasteiger partial charge < -0.3 is 136 Å². The van der Waals surface area contributed by atoms with Gasteiger partial charge in [-0.05, 0) is 92.8 Å². The fraction of sp³-hybridized carbons (Fsp3) is 0.517. The molecule has 0 saturated carbocycles. The molecule has 9 rings (SSSR count). The summed E-state index contributed by atoms with van der Waals surface area (Å²) < 4.78 is 0. The number of rotatable bonds is 26. The van der Waals surface area contributed by atoms with Crippen molar-refractivity contribution in [2.75, 3.05) is 72.0 Å². The van der Waals surface area contributed by atoms with E-state index in [1.165, 1.54) is 64.9 Å². The first-order chi connectivity index (χ1) is 64.4. The molecule has 0 radical (unpaired) electrons. The average molecular weight is 1900 g/mol. The molecule has 45 nitrogen and oxygen atoms in total. The van der Waals surface area contributed by atoms with Gasteiger partial charge in [-0.25, -0.2) is 4.98 Å². The smallest absolute Gasteiger partial charge is 0.246 e. The van der Waals surface area contributed by atoms with Gasteiger partial charge in [0.15, 0.2) is 5.96 Å².